The fourth-order valence-electron chi connectivity index (χ4n) is 3.11. The van der Waals surface area contributed by atoms with E-state index in [1.165, 1.54) is 16.9 Å². The van der Waals surface area contributed by atoms with Crippen molar-refractivity contribution in [2.45, 2.75) is 20.3 Å². The van der Waals surface area contributed by atoms with Gasteiger partial charge in [0.25, 0.3) is 11.8 Å². The van der Waals surface area contributed by atoms with E-state index >= 15 is 0 Å². The number of benzene rings is 2. The van der Waals surface area contributed by atoms with Crippen LogP contribution >= 0.6 is 11.3 Å². The summed E-state index contributed by atoms with van der Waals surface area (Å²) in [4.78, 5) is 33.1. The second-order valence-electron chi connectivity index (χ2n) is 6.64. The number of nitrogens with one attached hydrogen (secondary N) is 3. The second kappa shape index (κ2) is 7.89. The zero-order valence-corrected chi connectivity index (χ0v) is 16.9. The molecular formula is C22H20N4O2S. The third-order valence-corrected chi connectivity index (χ3v) is 5.94. The number of amides is 2. The van der Waals surface area contributed by atoms with E-state index in [4.69, 9.17) is 0 Å². The van der Waals surface area contributed by atoms with Gasteiger partial charge < -0.3 is 4.98 Å². The van der Waals surface area contributed by atoms with Gasteiger partial charge in [0.1, 0.15) is 9.88 Å². The van der Waals surface area contributed by atoms with Crippen LogP contribution in [-0.2, 0) is 6.42 Å². The van der Waals surface area contributed by atoms with Crippen molar-refractivity contribution < 1.29 is 9.59 Å². The van der Waals surface area contributed by atoms with Crippen LogP contribution in [0.4, 0.5) is 0 Å². The number of nitrogens with zero attached hydrogens (tertiary/aromatic N) is 1. The molecule has 0 bridgehead atoms. The van der Waals surface area contributed by atoms with Gasteiger partial charge in [0.15, 0.2) is 0 Å². The van der Waals surface area contributed by atoms with E-state index in [1.807, 2.05) is 36.4 Å². The van der Waals surface area contributed by atoms with Crippen molar-refractivity contribution >= 4 is 34.1 Å². The predicted octanol–water partition coefficient (Wildman–Crippen LogP) is 4.24. The van der Waals surface area contributed by atoms with Crippen molar-refractivity contribution in [3.63, 3.8) is 0 Å². The smallest absolute Gasteiger partial charge is 0.281 e. The standard InChI is InChI=1S/C22H20N4O2S/c1-3-14-8-10-15(11-9-14)22-24-13(2)19(29-22)21(28)26-25-20(27)17-12-23-18-7-5-4-6-16(17)18/h4-12,23H,3H2,1-2H3,(H,25,27)(H,26,28). The van der Waals surface area contributed by atoms with E-state index in [9.17, 15) is 9.59 Å². The number of hydrogen-bond donors (Lipinski definition) is 3. The fourth-order valence-corrected chi connectivity index (χ4v) is 4.08. The van der Waals surface area contributed by atoms with Crippen molar-refractivity contribution in [1.29, 1.82) is 0 Å². The van der Waals surface area contributed by atoms with Gasteiger partial charge in [0.2, 0.25) is 0 Å². The molecule has 0 aliphatic heterocycles. The summed E-state index contributed by atoms with van der Waals surface area (Å²) in [5.74, 6) is -0.766. The predicted molar refractivity (Wildman–Crippen MR) is 115 cm³/mol. The first-order valence-electron chi connectivity index (χ1n) is 9.30. The summed E-state index contributed by atoms with van der Waals surface area (Å²) in [6.07, 6.45) is 2.60. The van der Waals surface area contributed by atoms with Crippen LogP contribution in [0.2, 0.25) is 0 Å². The molecule has 0 aliphatic carbocycles. The Labute approximate surface area is 172 Å². The third-order valence-electron chi connectivity index (χ3n) is 4.74. The molecule has 0 aliphatic rings. The highest BCUT2D eigenvalue weighted by atomic mass is 32.1. The number of carbonyl (C=O) groups excluding carboxylic acids is 2. The molecule has 7 heteroatoms. The summed E-state index contributed by atoms with van der Waals surface area (Å²) in [6, 6.07) is 15.6. The number of thiazole rings is 1. The first-order valence-corrected chi connectivity index (χ1v) is 10.1. The van der Waals surface area contributed by atoms with Gasteiger partial charge in [-0.1, -0.05) is 49.4 Å². The molecule has 4 aromatic rings. The highest BCUT2D eigenvalue weighted by molar-refractivity contribution is 7.17. The number of para-hydroxylation sites is 1. The van der Waals surface area contributed by atoms with Crippen molar-refractivity contribution in [3.8, 4) is 10.6 Å². The van der Waals surface area contributed by atoms with E-state index in [2.05, 4.69) is 39.9 Å². The van der Waals surface area contributed by atoms with Crippen molar-refractivity contribution in [2.24, 2.45) is 0 Å². The van der Waals surface area contributed by atoms with Crippen molar-refractivity contribution in [2.75, 3.05) is 0 Å². The Balaban J connectivity index is 1.47. The van der Waals surface area contributed by atoms with Gasteiger partial charge in [-0.2, -0.15) is 0 Å². The number of aryl methyl sites for hydroxylation is 2. The van der Waals surface area contributed by atoms with Gasteiger partial charge in [0, 0.05) is 22.7 Å². The molecule has 0 radical (unpaired) electrons. The SMILES string of the molecule is CCc1ccc(-c2nc(C)c(C(=O)NNC(=O)c3c[nH]c4ccccc34)s2)cc1. The number of carbonyl (C=O) groups is 2. The minimum absolute atomic E-state index is 0.381. The Bertz CT molecular complexity index is 1190. The quantitative estimate of drug-likeness (QED) is 0.445. The summed E-state index contributed by atoms with van der Waals surface area (Å²) in [5, 5.41) is 1.57. The molecule has 29 heavy (non-hydrogen) atoms. The number of fused-ring (bicyclic) bond motifs is 1. The maximum atomic E-state index is 12.6. The number of aromatic nitrogens is 2. The molecule has 0 saturated carbocycles. The first kappa shape index (κ1) is 18.9. The van der Waals surface area contributed by atoms with Crippen molar-refractivity contribution in [1.82, 2.24) is 20.8 Å². The van der Waals surface area contributed by atoms with Gasteiger partial charge in [-0.15, -0.1) is 11.3 Å². The Kier molecular flexibility index (Phi) is 5.14. The minimum Gasteiger partial charge on any atom is -0.360 e. The summed E-state index contributed by atoms with van der Waals surface area (Å²) in [7, 11) is 0. The van der Waals surface area contributed by atoms with Crippen LogP contribution in [0.25, 0.3) is 21.5 Å². The maximum absolute atomic E-state index is 12.6. The van der Waals surface area contributed by atoms with E-state index in [0.29, 0.717) is 16.1 Å². The largest absolute Gasteiger partial charge is 0.360 e. The molecule has 146 valence electrons. The number of rotatable bonds is 4. The first-order chi connectivity index (χ1) is 14.1. The zero-order chi connectivity index (χ0) is 20.4. The molecule has 6 nitrogen and oxygen atoms in total. The molecule has 0 fully saturated rings. The van der Waals surface area contributed by atoms with E-state index in [0.717, 1.165) is 27.9 Å². The van der Waals surface area contributed by atoms with Gasteiger partial charge in [-0.3, -0.25) is 20.4 Å². The van der Waals surface area contributed by atoms with E-state index in [1.54, 1.807) is 13.1 Å². The lowest BCUT2D eigenvalue weighted by Crippen LogP contribution is -2.41. The van der Waals surface area contributed by atoms with Gasteiger partial charge in [0.05, 0.1) is 11.3 Å². The Hall–Kier alpha value is -3.45. The summed E-state index contributed by atoms with van der Waals surface area (Å²) in [6.45, 7) is 3.90. The molecule has 2 aromatic heterocycles. The molecule has 0 saturated heterocycles. The Morgan fingerprint density at radius 3 is 2.52 bits per heavy atom. The highest BCUT2D eigenvalue weighted by Crippen LogP contribution is 2.28. The number of hydrogen-bond acceptors (Lipinski definition) is 4. The zero-order valence-electron chi connectivity index (χ0n) is 16.1. The summed E-state index contributed by atoms with van der Waals surface area (Å²) >= 11 is 1.31. The maximum Gasteiger partial charge on any atom is 0.281 e. The van der Waals surface area contributed by atoms with Crippen LogP contribution in [-0.4, -0.2) is 21.8 Å². The molecule has 2 aromatic carbocycles. The van der Waals surface area contributed by atoms with Crippen LogP contribution in [0.1, 0.15) is 38.2 Å². The number of hydrazine groups is 1. The summed E-state index contributed by atoms with van der Waals surface area (Å²) < 4.78 is 0. The van der Waals surface area contributed by atoms with Crippen LogP contribution in [0.15, 0.2) is 54.7 Å². The van der Waals surface area contributed by atoms with Crippen molar-refractivity contribution in [3.05, 3.63) is 76.4 Å². The summed E-state index contributed by atoms with van der Waals surface area (Å²) in [5.41, 5.74) is 9.16. The highest BCUT2D eigenvalue weighted by Gasteiger charge is 2.18. The van der Waals surface area contributed by atoms with E-state index < -0.39 is 0 Å². The molecule has 0 spiro atoms. The topological polar surface area (TPSA) is 86.9 Å². The molecular weight excluding hydrogens is 384 g/mol. The Morgan fingerprint density at radius 2 is 1.76 bits per heavy atom. The second-order valence-corrected chi connectivity index (χ2v) is 7.64. The average Bonchev–Trinajstić information content (AvgIpc) is 3.35. The lowest BCUT2D eigenvalue weighted by molar-refractivity contribution is 0.0849. The molecule has 3 N–H and O–H groups in total. The normalized spacial score (nSPS) is 10.8. The monoisotopic (exact) mass is 404 g/mol. The lowest BCUT2D eigenvalue weighted by Gasteiger charge is -2.06. The molecule has 0 unspecified atom stereocenters. The average molecular weight is 404 g/mol. The van der Waals surface area contributed by atoms with Crippen LogP contribution in [0.3, 0.4) is 0 Å². The van der Waals surface area contributed by atoms with Gasteiger partial charge in [-0.25, -0.2) is 4.98 Å². The van der Waals surface area contributed by atoms with E-state index in [-0.39, 0.29) is 11.8 Å². The van der Waals surface area contributed by atoms with Crippen LogP contribution < -0.4 is 10.9 Å². The Morgan fingerprint density at radius 1 is 1.03 bits per heavy atom. The fraction of sp³-hybridized carbons (Fsp3) is 0.136. The van der Waals surface area contributed by atoms with Gasteiger partial charge >= 0.3 is 0 Å². The molecule has 2 amide bonds. The number of aromatic amines is 1. The number of H-pyrrole nitrogens is 1. The molecule has 4 rings (SSSR count). The van der Waals surface area contributed by atoms with Crippen LogP contribution in [0.5, 0.6) is 0 Å². The third kappa shape index (κ3) is 3.77. The molecule has 0 atom stereocenters. The van der Waals surface area contributed by atoms with Gasteiger partial charge in [-0.05, 0) is 25.0 Å². The lowest BCUT2D eigenvalue weighted by atomic mass is 10.1. The van der Waals surface area contributed by atoms with Crippen LogP contribution in [0, 0.1) is 6.92 Å². The minimum atomic E-state index is -0.385. The molecule has 2 heterocycles.